The van der Waals surface area contributed by atoms with Crippen LogP contribution in [0.15, 0.2) is 78.0 Å². The molecule has 0 saturated carbocycles. The Bertz CT molecular complexity index is 1860. The summed E-state index contributed by atoms with van der Waals surface area (Å²) in [6.45, 7) is 3.22. The minimum atomic E-state index is -4.36. The van der Waals surface area contributed by atoms with E-state index in [2.05, 4.69) is 19.6 Å². The number of carbonyl (C=O) groups is 2. The Kier molecular flexibility index (Phi) is 8.35. The minimum Gasteiger partial charge on any atom is -0.480 e. The number of nitrogens with one attached hydrogen (secondary N) is 1. The number of halogens is 2. The molecule has 2 aromatic heterocycles. The van der Waals surface area contributed by atoms with Gasteiger partial charge in [-0.15, -0.1) is 0 Å². The fourth-order valence-electron chi connectivity index (χ4n) is 4.81. The van der Waals surface area contributed by atoms with Crippen molar-refractivity contribution in [1.82, 2.24) is 14.9 Å². The number of carbonyl (C=O) groups excluding carboxylic acids is 2. The minimum absolute atomic E-state index is 0.0854. The van der Waals surface area contributed by atoms with Crippen molar-refractivity contribution in [3.63, 3.8) is 0 Å². The SMILES string of the molecule is COc1ncc(-c2cc3c(N4CCN(C(=O)/C=C/C(C)=O)CC4)ccnc3cc2F)cc1NS(=O)(=O)c1ccccc1F. The molecule has 4 aromatic rings. The number of methoxy groups -OCH3 is 1. The molecule has 13 heteroatoms. The van der Waals surface area contributed by atoms with E-state index in [9.17, 15) is 22.4 Å². The standard InChI is InChI=1S/C30H27F2N5O5S/c1-19(38)7-8-29(39)37-13-11-36(12-14-37)27-9-10-33-25-17-24(32)21(16-22(25)27)20-15-26(30(42-2)34-18-20)35-43(40,41)28-6-4-3-5-23(28)31/h3-10,15-18,35H,11-14H2,1-2H3/b8-7+. The van der Waals surface area contributed by atoms with E-state index in [0.29, 0.717) is 37.1 Å². The van der Waals surface area contributed by atoms with Gasteiger partial charge in [-0.2, -0.15) is 0 Å². The lowest BCUT2D eigenvalue weighted by molar-refractivity contribution is -0.126. The second-order valence-corrected chi connectivity index (χ2v) is 11.4. The molecule has 0 bridgehead atoms. The molecule has 1 N–H and O–H groups in total. The number of fused-ring (bicyclic) bond motifs is 1. The van der Waals surface area contributed by atoms with Gasteiger partial charge in [-0.05, 0) is 43.3 Å². The first-order valence-corrected chi connectivity index (χ1v) is 14.7. The van der Waals surface area contributed by atoms with Crippen LogP contribution in [0.4, 0.5) is 20.2 Å². The summed E-state index contributed by atoms with van der Waals surface area (Å²) in [4.78, 5) is 35.2. The number of rotatable bonds is 8. The lowest BCUT2D eigenvalue weighted by Gasteiger charge is -2.36. The smallest absolute Gasteiger partial charge is 0.264 e. The van der Waals surface area contributed by atoms with Crippen LogP contribution in [0.5, 0.6) is 5.88 Å². The van der Waals surface area contributed by atoms with E-state index < -0.39 is 26.6 Å². The quantitative estimate of drug-likeness (QED) is 0.296. The summed E-state index contributed by atoms with van der Waals surface area (Å²) < 4.78 is 63.2. The zero-order valence-corrected chi connectivity index (χ0v) is 24.1. The van der Waals surface area contributed by atoms with Gasteiger partial charge < -0.3 is 14.5 Å². The van der Waals surface area contributed by atoms with Crippen LogP contribution in [-0.2, 0) is 19.6 Å². The average Bonchev–Trinajstić information content (AvgIpc) is 2.99. The first-order valence-electron chi connectivity index (χ1n) is 13.2. The van der Waals surface area contributed by atoms with Crippen LogP contribution >= 0.6 is 0 Å². The van der Waals surface area contributed by atoms with Gasteiger partial charge in [-0.1, -0.05) is 12.1 Å². The van der Waals surface area contributed by atoms with Crippen LogP contribution in [-0.4, -0.2) is 68.3 Å². The molecule has 3 heterocycles. The number of benzene rings is 2. The Hall–Kier alpha value is -4.91. The van der Waals surface area contributed by atoms with Crippen molar-refractivity contribution in [3.8, 4) is 17.0 Å². The van der Waals surface area contributed by atoms with E-state index in [-0.39, 0.29) is 34.4 Å². The van der Waals surface area contributed by atoms with Crippen molar-refractivity contribution < 1.29 is 31.5 Å². The number of piperazine rings is 1. The Morgan fingerprint density at radius 2 is 1.72 bits per heavy atom. The maximum absolute atomic E-state index is 15.4. The van der Waals surface area contributed by atoms with E-state index in [1.807, 2.05) is 0 Å². The normalized spacial score (nSPS) is 13.9. The summed E-state index contributed by atoms with van der Waals surface area (Å²) in [5, 5.41) is 0.638. The van der Waals surface area contributed by atoms with Crippen molar-refractivity contribution in [2.45, 2.75) is 11.8 Å². The van der Waals surface area contributed by atoms with Gasteiger partial charge in [0.2, 0.25) is 11.8 Å². The van der Waals surface area contributed by atoms with E-state index in [0.717, 1.165) is 17.8 Å². The number of hydrogen-bond donors (Lipinski definition) is 1. The Labute approximate surface area is 246 Å². The van der Waals surface area contributed by atoms with Crippen LogP contribution in [0.3, 0.4) is 0 Å². The highest BCUT2D eigenvalue weighted by Gasteiger charge is 2.24. The number of anilines is 2. The number of aromatic nitrogens is 2. The highest BCUT2D eigenvalue weighted by Crippen LogP contribution is 2.35. The molecule has 0 unspecified atom stereocenters. The number of nitrogens with zero attached hydrogens (tertiary/aromatic N) is 4. The molecule has 0 atom stereocenters. The molecule has 5 rings (SSSR count). The summed E-state index contributed by atoms with van der Waals surface area (Å²) in [6, 6.07) is 11.0. The van der Waals surface area contributed by atoms with Gasteiger partial charge in [0.15, 0.2) is 5.78 Å². The van der Waals surface area contributed by atoms with Crippen molar-refractivity contribution in [2.24, 2.45) is 0 Å². The largest absolute Gasteiger partial charge is 0.480 e. The summed E-state index contributed by atoms with van der Waals surface area (Å²) in [7, 11) is -3.07. The van der Waals surface area contributed by atoms with Crippen LogP contribution in [0, 0.1) is 11.6 Å². The monoisotopic (exact) mass is 607 g/mol. The van der Waals surface area contributed by atoms with Gasteiger partial charge in [-0.3, -0.25) is 19.3 Å². The molecule has 1 aliphatic heterocycles. The molecule has 0 aliphatic carbocycles. The number of pyridine rings is 2. The van der Waals surface area contributed by atoms with E-state index in [4.69, 9.17) is 4.74 Å². The number of hydrogen-bond acceptors (Lipinski definition) is 8. The van der Waals surface area contributed by atoms with E-state index in [1.54, 1.807) is 23.2 Å². The molecule has 0 radical (unpaired) electrons. The highest BCUT2D eigenvalue weighted by molar-refractivity contribution is 7.92. The van der Waals surface area contributed by atoms with Gasteiger partial charge >= 0.3 is 0 Å². The second-order valence-electron chi connectivity index (χ2n) is 9.75. The molecule has 1 amide bonds. The Morgan fingerprint density at radius 1 is 0.977 bits per heavy atom. The first kappa shape index (κ1) is 29.6. The summed E-state index contributed by atoms with van der Waals surface area (Å²) in [6.07, 6.45) is 5.43. The van der Waals surface area contributed by atoms with Gasteiger partial charge in [-0.25, -0.2) is 22.2 Å². The number of ketones is 1. The predicted molar refractivity (Wildman–Crippen MR) is 157 cm³/mol. The molecule has 1 saturated heterocycles. The fourth-order valence-corrected chi connectivity index (χ4v) is 5.94. The number of allylic oxidation sites excluding steroid dienone is 1. The van der Waals surface area contributed by atoms with E-state index in [1.165, 1.54) is 56.6 Å². The molecule has 1 fully saturated rings. The van der Waals surface area contributed by atoms with Gasteiger partial charge in [0.25, 0.3) is 10.0 Å². The number of amides is 1. The van der Waals surface area contributed by atoms with Crippen LogP contribution in [0.2, 0.25) is 0 Å². The fraction of sp³-hybridized carbons (Fsp3) is 0.200. The molecular weight excluding hydrogens is 580 g/mol. The average molecular weight is 608 g/mol. The zero-order valence-electron chi connectivity index (χ0n) is 23.3. The predicted octanol–water partition coefficient (Wildman–Crippen LogP) is 4.18. The molecule has 2 aromatic carbocycles. The second kappa shape index (κ2) is 12.1. The zero-order chi connectivity index (χ0) is 30.7. The molecule has 222 valence electrons. The lowest BCUT2D eigenvalue weighted by atomic mass is 10.0. The molecule has 1 aliphatic rings. The van der Waals surface area contributed by atoms with Gasteiger partial charge in [0.1, 0.15) is 22.2 Å². The molecule has 10 nitrogen and oxygen atoms in total. The van der Waals surface area contributed by atoms with Gasteiger partial charge in [0, 0.05) is 72.9 Å². The Balaban J connectivity index is 1.47. The maximum atomic E-state index is 15.4. The summed E-state index contributed by atoms with van der Waals surface area (Å²) >= 11 is 0. The van der Waals surface area contributed by atoms with E-state index >= 15 is 4.39 Å². The van der Waals surface area contributed by atoms with Crippen LogP contribution in [0.25, 0.3) is 22.0 Å². The molecule has 0 spiro atoms. The maximum Gasteiger partial charge on any atom is 0.264 e. The number of ether oxygens (including phenoxy) is 1. The summed E-state index contributed by atoms with van der Waals surface area (Å²) in [5.41, 5.74) is 1.46. The Morgan fingerprint density at radius 3 is 2.42 bits per heavy atom. The van der Waals surface area contributed by atoms with Crippen molar-refractivity contribution in [3.05, 3.63) is 84.7 Å². The number of sulfonamides is 1. The third-order valence-electron chi connectivity index (χ3n) is 6.93. The molecular formula is C30H27F2N5O5S. The topological polar surface area (TPSA) is 122 Å². The van der Waals surface area contributed by atoms with Crippen LogP contribution < -0.4 is 14.4 Å². The lowest BCUT2D eigenvalue weighted by Crippen LogP contribution is -2.48. The first-order chi connectivity index (χ1) is 20.6. The van der Waals surface area contributed by atoms with Crippen molar-refractivity contribution in [2.75, 3.05) is 42.9 Å². The summed E-state index contributed by atoms with van der Waals surface area (Å²) in [5.74, 6) is -2.08. The third-order valence-corrected chi connectivity index (χ3v) is 8.32. The van der Waals surface area contributed by atoms with Crippen molar-refractivity contribution in [1.29, 1.82) is 0 Å². The van der Waals surface area contributed by atoms with Crippen LogP contribution in [0.1, 0.15) is 6.92 Å². The molecule has 43 heavy (non-hydrogen) atoms. The highest BCUT2D eigenvalue weighted by atomic mass is 32.2. The van der Waals surface area contributed by atoms with Crippen molar-refractivity contribution >= 4 is 44.0 Å². The van der Waals surface area contributed by atoms with Gasteiger partial charge in [0.05, 0.1) is 12.6 Å². The third kappa shape index (κ3) is 6.31.